The zero-order valence-electron chi connectivity index (χ0n) is 14.4. The standard InChI is InChI=1S/C17H21N5O3/c1-3-14-15(22(24)25)16(19(2)18-14)20-9-11-21(12-10-20)17(23)13-7-5-4-6-8-13/h4-8H,3,9-12H2,1-2H3. The molecule has 0 radical (unpaired) electrons. The number of nitrogens with zero attached hydrogens (tertiary/aromatic N) is 5. The van der Waals surface area contributed by atoms with E-state index in [0.717, 1.165) is 0 Å². The molecular formula is C17H21N5O3. The summed E-state index contributed by atoms with van der Waals surface area (Å²) in [5.74, 6) is 0.516. The number of aromatic nitrogens is 2. The number of piperazine rings is 1. The van der Waals surface area contributed by atoms with Crippen LogP contribution in [0.3, 0.4) is 0 Å². The second-order valence-corrected chi connectivity index (χ2v) is 6.00. The zero-order chi connectivity index (χ0) is 18.0. The minimum atomic E-state index is -0.358. The Morgan fingerprint density at radius 2 is 1.84 bits per heavy atom. The number of rotatable bonds is 4. The van der Waals surface area contributed by atoms with Gasteiger partial charge in [0.1, 0.15) is 5.69 Å². The van der Waals surface area contributed by atoms with Crippen LogP contribution in [0.15, 0.2) is 30.3 Å². The highest BCUT2D eigenvalue weighted by Crippen LogP contribution is 2.32. The maximum atomic E-state index is 12.5. The Bertz CT molecular complexity index is 779. The average molecular weight is 343 g/mol. The van der Waals surface area contributed by atoms with Crippen LogP contribution in [0.5, 0.6) is 0 Å². The molecule has 1 saturated heterocycles. The molecule has 8 heteroatoms. The lowest BCUT2D eigenvalue weighted by Gasteiger charge is -2.35. The number of hydrogen-bond donors (Lipinski definition) is 0. The molecule has 0 N–H and O–H groups in total. The number of aryl methyl sites for hydroxylation is 2. The summed E-state index contributed by atoms with van der Waals surface area (Å²) < 4.78 is 1.58. The minimum absolute atomic E-state index is 0.00555. The first-order valence-corrected chi connectivity index (χ1v) is 8.32. The van der Waals surface area contributed by atoms with Gasteiger partial charge in [0.2, 0.25) is 5.82 Å². The number of anilines is 1. The van der Waals surface area contributed by atoms with E-state index in [4.69, 9.17) is 0 Å². The van der Waals surface area contributed by atoms with Crippen molar-refractivity contribution < 1.29 is 9.72 Å². The van der Waals surface area contributed by atoms with Crippen LogP contribution < -0.4 is 4.90 Å². The molecule has 8 nitrogen and oxygen atoms in total. The van der Waals surface area contributed by atoms with Gasteiger partial charge in [-0.1, -0.05) is 25.1 Å². The number of hydrogen-bond acceptors (Lipinski definition) is 5. The monoisotopic (exact) mass is 343 g/mol. The van der Waals surface area contributed by atoms with E-state index in [1.807, 2.05) is 30.0 Å². The number of benzene rings is 1. The Kier molecular flexibility index (Phi) is 4.69. The molecule has 132 valence electrons. The maximum Gasteiger partial charge on any atom is 0.334 e. The van der Waals surface area contributed by atoms with Crippen molar-refractivity contribution in [2.75, 3.05) is 31.1 Å². The molecule has 3 rings (SSSR count). The molecule has 2 heterocycles. The van der Waals surface area contributed by atoms with Crippen molar-refractivity contribution in [3.63, 3.8) is 0 Å². The molecule has 0 saturated carbocycles. The summed E-state index contributed by atoms with van der Waals surface area (Å²) in [6.07, 6.45) is 0.511. The number of nitro groups is 1. The van der Waals surface area contributed by atoms with Gasteiger partial charge in [0.05, 0.1) is 4.92 Å². The van der Waals surface area contributed by atoms with Crippen LogP contribution in [0.4, 0.5) is 11.5 Å². The maximum absolute atomic E-state index is 12.5. The van der Waals surface area contributed by atoms with Gasteiger partial charge in [-0.2, -0.15) is 5.10 Å². The first-order chi connectivity index (χ1) is 12.0. The highest BCUT2D eigenvalue weighted by Gasteiger charge is 2.32. The Balaban J connectivity index is 1.76. The van der Waals surface area contributed by atoms with Gasteiger partial charge in [0, 0.05) is 38.8 Å². The predicted octanol–water partition coefficient (Wildman–Crippen LogP) is 1.85. The summed E-state index contributed by atoms with van der Waals surface area (Å²) in [6.45, 7) is 3.99. The highest BCUT2D eigenvalue weighted by molar-refractivity contribution is 5.94. The third kappa shape index (κ3) is 3.19. The first-order valence-electron chi connectivity index (χ1n) is 8.32. The second kappa shape index (κ2) is 6.92. The van der Waals surface area contributed by atoms with Gasteiger partial charge in [0.15, 0.2) is 0 Å². The van der Waals surface area contributed by atoms with Gasteiger partial charge < -0.3 is 9.80 Å². The van der Waals surface area contributed by atoms with Crippen LogP contribution in [-0.4, -0.2) is 51.7 Å². The molecule has 1 aliphatic heterocycles. The Labute approximate surface area is 145 Å². The van der Waals surface area contributed by atoms with Gasteiger partial charge in [-0.15, -0.1) is 0 Å². The number of carbonyl (C=O) groups is 1. The lowest BCUT2D eigenvalue weighted by molar-refractivity contribution is -0.384. The largest absolute Gasteiger partial charge is 0.348 e. The van der Waals surface area contributed by atoms with Crippen LogP contribution in [0.2, 0.25) is 0 Å². The van der Waals surface area contributed by atoms with Crippen LogP contribution in [0, 0.1) is 10.1 Å². The average Bonchev–Trinajstić information content (AvgIpc) is 2.98. The highest BCUT2D eigenvalue weighted by atomic mass is 16.6. The van der Waals surface area contributed by atoms with Crippen LogP contribution in [-0.2, 0) is 13.5 Å². The SMILES string of the molecule is CCc1nn(C)c(N2CCN(C(=O)c3ccccc3)CC2)c1[N+](=O)[O-]. The van der Waals surface area contributed by atoms with Crippen LogP contribution in [0.1, 0.15) is 23.0 Å². The number of carbonyl (C=O) groups excluding carboxylic acids is 1. The van der Waals surface area contributed by atoms with Crippen molar-refractivity contribution in [1.29, 1.82) is 0 Å². The molecule has 25 heavy (non-hydrogen) atoms. The summed E-state index contributed by atoms with van der Waals surface area (Å²) in [5.41, 5.74) is 1.23. The van der Waals surface area contributed by atoms with Gasteiger partial charge in [-0.25, -0.2) is 4.68 Å². The van der Waals surface area contributed by atoms with Gasteiger partial charge in [-0.3, -0.25) is 14.9 Å². The second-order valence-electron chi connectivity index (χ2n) is 6.00. The quantitative estimate of drug-likeness (QED) is 0.625. The lowest BCUT2D eigenvalue weighted by Crippen LogP contribution is -2.49. The minimum Gasteiger partial charge on any atom is -0.348 e. The molecule has 1 aromatic heterocycles. The van der Waals surface area contributed by atoms with Gasteiger partial charge in [0.25, 0.3) is 5.91 Å². The van der Waals surface area contributed by atoms with Crippen molar-refractivity contribution in [2.45, 2.75) is 13.3 Å². The van der Waals surface area contributed by atoms with Crippen LogP contribution >= 0.6 is 0 Å². The van der Waals surface area contributed by atoms with E-state index >= 15 is 0 Å². The summed E-state index contributed by atoms with van der Waals surface area (Å²) in [4.78, 5) is 27.4. The smallest absolute Gasteiger partial charge is 0.334 e. The fourth-order valence-electron chi connectivity index (χ4n) is 3.22. The van der Waals surface area contributed by atoms with Crippen molar-refractivity contribution >= 4 is 17.4 Å². The molecule has 2 aromatic rings. The van der Waals surface area contributed by atoms with Crippen molar-refractivity contribution in [1.82, 2.24) is 14.7 Å². The lowest BCUT2D eigenvalue weighted by atomic mass is 10.2. The van der Waals surface area contributed by atoms with Gasteiger partial charge in [-0.05, 0) is 18.6 Å². The molecule has 1 aromatic carbocycles. The van der Waals surface area contributed by atoms with E-state index < -0.39 is 0 Å². The molecule has 0 spiro atoms. The van der Waals surface area contributed by atoms with Crippen molar-refractivity contribution in [2.24, 2.45) is 7.05 Å². The van der Waals surface area contributed by atoms with Crippen molar-refractivity contribution in [3.05, 3.63) is 51.7 Å². The normalized spacial score (nSPS) is 14.6. The molecule has 1 aliphatic rings. The molecule has 1 fully saturated rings. The fraction of sp³-hybridized carbons (Fsp3) is 0.412. The van der Waals surface area contributed by atoms with Crippen LogP contribution in [0.25, 0.3) is 0 Å². The van der Waals surface area contributed by atoms with E-state index in [0.29, 0.717) is 49.7 Å². The molecule has 1 amide bonds. The third-order valence-electron chi connectivity index (χ3n) is 4.47. The van der Waals surface area contributed by atoms with Gasteiger partial charge >= 0.3 is 5.69 Å². The summed E-state index contributed by atoms with van der Waals surface area (Å²) in [5, 5.41) is 15.8. The Hall–Kier alpha value is -2.90. The Morgan fingerprint density at radius 1 is 1.20 bits per heavy atom. The summed E-state index contributed by atoms with van der Waals surface area (Å²) >= 11 is 0. The fourth-order valence-corrected chi connectivity index (χ4v) is 3.22. The zero-order valence-corrected chi connectivity index (χ0v) is 14.4. The Morgan fingerprint density at radius 3 is 2.40 bits per heavy atom. The molecule has 0 bridgehead atoms. The molecular weight excluding hydrogens is 322 g/mol. The number of amides is 1. The molecule has 0 aliphatic carbocycles. The van der Waals surface area contributed by atoms with E-state index in [1.165, 1.54) is 0 Å². The van der Waals surface area contributed by atoms with E-state index in [9.17, 15) is 14.9 Å². The van der Waals surface area contributed by atoms with E-state index in [-0.39, 0.29) is 16.5 Å². The summed E-state index contributed by atoms with van der Waals surface area (Å²) in [6, 6.07) is 9.16. The molecule has 0 atom stereocenters. The topological polar surface area (TPSA) is 84.5 Å². The van der Waals surface area contributed by atoms with E-state index in [1.54, 1.807) is 28.8 Å². The third-order valence-corrected chi connectivity index (χ3v) is 4.47. The predicted molar refractivity (Wildman–Crippen MR) is 93.8 cm³/mol. The van der Waals surface area contributed by atoms with Crippen molar-refractivity contribution in [3.8, 4) is 0 Å². The molecule has 0 unspecified atom stereocenters. The summed E-state index contributed by atoms with van der Waals surface area (Å²) in [7, 11) is 1.73. The van der Waals surface area contributed by atoms with E-state index in [2.05, 4.69) is 5.10 Å². The first kappa shape index (κ1) is 16.9.